The first-order chi connectivity index (χ1) is 28.5. The van der Waals surface area contributed by atoms with Gasteiger partial charge in [-0.05, 0) is 86.7 Å². The van der Waals surface area contributed by atoms with Gasteiger partial charge in [0.25, 0.3) is 0 Å². The Hall–Kier alpha value is -5.86. The Balaban J connectivity index is 2.48. The van der Waals surface area contributed by atoms with Crippen molar-refractivity contribution in [2.24, 2.45) is 23.3 Å². The first-order valence-electron chi connectivity index (χ1n) is 20.5. The topological polar surface area (TPSA) is 288 Å². The van der Waals surface area contributed by atoms with Crippen LogP contribution in [0.2, 0.25) is 0 Å². The zero-order chi connectivity index (χ0) is 44.8. The minimum Gasteiger partial charge on any atom is -0.480 e. The number of aliphatic carboxylic acids is 1. The highest BCUT2D eigenvalue weighted by molar-refractivity contribution is 5.97. The van der Waals surface area contributed by atoms with Crippen molar-refractivity contribution in [3.63, 3.8) is 0 Å². The molecule has 0 aliphatic heterocycles. The van der Waals surface area contributed by atoms with Crippen LogP contribution in [0.15, 0.2) is 54.6 Å². The maximum absolute atomic E-state index is 14.3. The van der Waals surface area contributed by atoms with Crippen LogP contribution in [0, 0.1) is 23.2 Å². The highest BCUT2D eigenvalue weighted by Gasteiger charge is 2.34. The molecule has 17 heteroatoms. The average Bonchev–Trinajstić information content (AvgIpc) is 3.20. The first kappa shape index (κ1) is 50.3. The Morgan fingerprint density at radius 3 is 1.53 bits per heavy atom. The van der Waals surface area contributed by atoms with Crippen molar-refractivity contribution < 1.29 is 38.7 Å². The van der Waals surface area contributed by atoms with E-state index < -0.39 is 83.6 Å². The lowest BCUT2D eigenvalue weighted by atomic mass is 9.98. The molecule has 0 bridgehead atoms. The largest absolute Gasteiger partial charge is 0.480 e. The second-order valence-corrected chi connectivity index (χ2v) is 15.5. The third-order valence-corrected chi connectivity index (χ3v) is 9.74. The lowest BCUT2D eigenvalue weighted by Crippen LogP contribution is -2.61. The zero-order valence-electron chi connectivity index (χ0n) is 35.3. The molecule has 328 valence electrons. The lowest BCUT2D eigenvalue weighted by molar-refractivity contribution is -0.142. The Labute approximate surface area is 352 Å². The van der Waals surface area contributed by atoms with E-state index in [-0.39, 0.29) is 31.6 Å². The van der Waals surface area contributed by atoms with Gasteiger partial charge >= 0.3 is 5.97 Å². The predicted octanol–water partition coefficient (Wildman–Crippen LogP) is 0.927. The fourth-order valence-electron chi connectivity index (χ4n) is 6.39. The highest BCUT2D eigenvalue weighted by atomic mass is 16.4. The second-order valence-electron chi connectivity index (χ2n) is 15.5. The Morgan fingerprint density at radius 1 is 0.583 bits per heavy atom. The Bertz CT molecular complexity index is 1780. The van der Waals surface area contributed by atoms with E-state index >= 15 is 0 Å². The first-order valence-corrected chi connectivity index (χ1v) is 20.5. The number of hydrogen-bond donors (Lipinski definition) is 9. The fourth-order valence-corrected chi connectivity index (χ4v) is 6.39. The molecule has 60 heavy (non-hydrogen) atoms. The number of amides is 6. The average molecular weight is 834 g/mol. The quantitative estimate of drug-likeness (QED) is 0.0601. The summed E-state index contributed by atoms with van der Waals surface area (Å²) in [5.74, 6) is -5.89. The minimum atomic E-state index is -1.33. The van der Waals surface area contributed by atoms with Crippen LogP contribution in [0.25, 0.3) is 0 Å². The van der Waals surface area contributed by atoms with Crippen LogP contribution in [0.1, 0.15) is 89.8 Å². The molecule has 0 radical (unpaired) electrons. The number of carbonyl (C=O) groups excluding carboxylic acids is 6. The van der Waals surface area contributed by atoms with Gasteiger partial charge in [-0.1, -0.05) is 70.2 Å². The number of carboxylic acids is 1. The molecule has 0 spiro atoms. The summed E-state index contributed by atoms with van der Waals surface area (Å²) in [6.45, 7) is 8.90. The molecule has 6 atom stereocenters. The van der Waals surface area contributed by atoms with Gasteiger partial charge in [-0.25, -0.2) is 4.79 Å². The Kier molecular flexibility index (Phi) is 22.0. The van der Waals surface area contributed by atoms with E-state index in [1.807, 2.05) is 6.07 Å². The summed E-state index contributed by atoms with van der Waals surface area (Å²) in [6, 6.07) is 10.2. The summed E-state index contributed by atoms with van der Waals surface area (Å²) in [6.07, 6.45) is 2.02. The molecule has 0 unspecified atom stereocenters. The fraction of sp³-hybridized carbons (Fsp3) is 0.535. The summed E-state index contributed by atoms with van der Waals surface area (Å²) in [5.41, 5.74) is 12.8. The molecule has 6 amide bonds. The molecule has 11 N–H and O–H groups in total. The van der Waals surface area contributed by atoms with Gasteiger partial charge in [0.05, 0.1) is 11.6 Å². The van der Waals surface area contributed by atoms with Crippen LogP contribution in [0.3, 0.4) is 0 Å². The number of nitrogens with zero attached hydrogens (tertiary/aromatic N) is 1. The van der Waals surface area contributed by atoms with Gasteiger partial charge in [0.2, 0.25) is 35.4 Å². The summed E-state index contributed by atoms with van der Waals surface area (Å²) >= 11 is 0. The monoisotopic (exact) mass is 833 g/mol. The van der Waals surface area contributed by atoms with E-state index in [1.165, 1.54) is 6.92 Å². The maximum Gasteiger partial charge on any atom is 0.326 e. The molecule has 0 saturated carbocycles. The van der Waals surface area contributed by atoms with Gasteiger partial charge in [0.15, 0.2) is 0 Å². The summed E-state index contributed by atoms with van der Waals surface area (Å²) < 4.78 is 0. The van der Waals surface area contributed by atoms with E-state index in [0.29, 0.717) is 55.5 Å². The lowest BCUT2D eigenvalue weighted by Gasteiger charge is -2.29. The van der Waals surface area contributed by atoms with Crippen molar-refractivity contribution in [2.75, 3.05) is 13.1 Å². The minimum absolute atomic E-state index is 0.0264. The van der Waals surface area contributed by atoms with Crippen molar-refractivity contribution >= 4 is 41.4 Å². The molecule has 0 saturated heterocycles. The number of benzene rings is 2. The normalized spacial score (nSPS) is 14.0. The van der Waals surface area contributed by atoms with E-state index in [2.05, 4.69) is 31.9 Å². The Morgan fingerprint density at radius 2 is 1.03 bits per heavy atom. The van der Waals surface area contributed by atoms with Gasteiger partial charge in [0, 0.05) is 19.8 Å². The second kappa shape index (κ2) is 26.3. The summed E-state index contributed by atoms with van der Waals surface area (Å²) in [4.78, 5) is 93.3. The van der Waals surface area contributed by atoms with Gasteiger partial charge in [-0.3, -0.25) is 28.8 Å². The van der Waals surface area contributed by atoms with Crippen LogP contribution in [-0.2, 0) is 46.4 Å². The standard InChI is InChI=1S/C43H63N9O8/c1-26(2)36(47-28(5)53)42(58)52-37(27(3)4)41(57)48-32(18-9-11-20-44)38(54)50-34(23-29-14-7-6-8-15-29)40(56)51-35(24-30-16-13-17-31(22-30)25-46)39(55)49-33(43(59)60)19-10-12-21-45/h6-8,13-17,22,26-27,32-37H,9-12,18-21,23-24,44-45H2,1-5H3,(H,47,53)(H,48,57)(H,49,55)(H,50,54)(H,51,56)(H,52,58)(H,59,60)/t32-,33-,34-,35-,36-,37-/m0/s1. The summed E-state index contributed by atoms with van der Waals surface area (Å²) in [7, 11) is 0. The third kappa shape index (κ3) is 17.6. The third-order valence-electron chi connectivity index (χ3n) is 9.74. The van der Waals surface area contributed by atoms with Crippen LogP contribution in [-0.4, -0.2) is 95.9 Å². The van der Waals surface area contributed by atoms with E-state index in [9.17, 15) is 43.9 Å². The van der Waals surface area contributed by atoms with E-state index in [0.717, 1.165) is 0 Å². The van der Waals surface area contributed by atoms with Crippen molar-refractivity contribution in [3.8, 4) is 6.07 Å². The molecule has 2 aromatic carbocycles. The van der Waals surface area contributed by atoms with Crippen molar-refractivity contribution in [3.05, 3.63) is 71.3 Å². The van der Waals surface area contributed by atoms with Gasteiger partial charge in [0.1, 0.15) is 36.3 Å². The number of nitriles is 1. The number of carboxylic acid groups (broad SMARTS) is 1. The molecule has 2 rings (SSSR count). The predicted molar refractivity (Wildman–Crippen MR) is 225 cm³/mol. The van der Waals surface area contributed by atoms with Crippen molar-refractivity contribution in [1.82, 2.24) is 31.9 Å². The van der Waals surface area contributed by atoms with E-state index in [1.54, 1.807) is 82.3 Å². The van der Waals surface area contributed by atoms with Crippen LogP contribution < -0.4 is 43.4 Å². The van der Waals surface area contributed by atoms with Crippen LogP contribution >= 0.6 is 0 Å². The molecule has 0 fully saturated rings. The van der Waals surface area contributed by atoms with Crippen LogP contribution in [0.4, 0.5) is 0 Å². The maximum atomic E-state index is 14.3. The molecule has 17 nitrogen and oxygen atoms in total. The molecule has 0 aliphatic carbocycles. The van der Waals surface area contributed by atoms with Crippen molar-refractivity contribution in [1.29, 1.82) is 5.26 Å². The zero-order valence-corrected chi connectivity index (χ0v) is 35.3. The number of nitrogens with one attached hydrogen (secondary N) is 6. The number of unbranched alkanes of at least 4 members (excludes halogenated alkanes) is 2. The highest BCUT2D eigenvalue weighted by Crippen LogP contribution is 2.13. The van der Waals surface area contributed by atoms with Crippen LogP contribution in [0.5, 0.6) is 0 Å². The number of hydrogen-bond acceptors (Lipinski definition) is 10. The number of nitrogens with two attached hydrogens (primary N) is 2. The molecular formula is C43H63N9O8. The smallest absolute Gasteiger partial charge is 0.326 e. The molecule has 0 aliphatic rings. The molecule has 2 aromatic rings. The SMILES string of the molecule is CC(=O)N[C@H](C(=O)N[C@H](C(=O)N[C@@H](CCCCN)C(=O)N[C@@H](Cc1ccccc1)C(=O)N[C@@H](Cc1cccc(C#N)c1)C(=O)N[C@@H](CCCCN)C(=O)O)C(C)C)C(C)C. The molecule has 0 aromatic heterocycles. The molecule has 0 heterocycles. The number of rotatable bonds is 26. The van der Waals surface area contributed by atoms with Gasteiger partial charge in [-0.2, -0.15) is 5.26 Å². The molecular weight excluding hydrogens is 771 g/mol. The van der Waals surface area contributed by atoms with Gasteiger partial charge < -0.3 is 48.5 Å². The van der Waals surface area contributed by atoms with Gasteiger partial charge in [-0.15, -0.1) is 0 Å². The van der Waals surface area contributed by atoms with Crippen molar-refractivity contribution in [2.45, 2.75) is 122 Å². The number of carbonyl (C=O) groups is 7. The van der Waals surface area contributed by atoms with E-state index in [4.69, 9.17) is 11.5 Å². The summed E-state index contributed by atoms with van der Waals surface area (Å²) in [5, 5.41) is 35.5.